The number of benzene rings is 1. The highest BCUT2D eigenvalue weighted by atomic mass is 16.6. The lowest BCUT2D eigenvalue weighted by molar-refractivity contribution is -0.144. The van der Waals surface area contributed by atoms with E-state index in [1.54, 1.807) is 6.92 Å². The maximum absolute atomic E-state index is 11.1. The average Bonchev–Trinajstić information content (AvgIpc) is 2.84. The van der Waals surface area contributed by atoms with Gasteiger partial charge in [-0.1, -0.05) is 51.2 Å². The zero-order chi connectivity index (χ0) is 24.5. The first-order valence-corrected chi connectivity index (χ1v) is 12.9. The lowest BCUT2D eigenvalue weighted by Crippen LogP contribution is -2.14. The number of carbonyl (C=O) groups excluding carboxylic acids is 1. The highest BCUT2D eigenvalue weighted by Gasteiger charge is 2.01. The van der Waals surface area contributed by atoms with Crippen molar-refractivity contribution < 1.29 is 33.2 Å². The van der Waals surface area contributed by atoms with Gasteiger partial charge in [-0.2, -0.15) is 0 Å². The van der Waals surface area contributed by atoms with Crippen LogP contribution in [0.4, 0.5) is 0 Å². The third-order valence-corrected chi connectivity index (χ3v) is 5.11. The Morgan fingerprint density at radius 1 is 0.647 bits per heavy atom. The standard InChI is InChI=1S/C27H46O7/c1-3-5-6-7-8-9-10-25-11-13-26(14-12-25)34-24-23-32-22-21-31-20-19-30-18-17-29-16-15-27(28)33-4-2/h11-14H,3-10,15-24H2,1-2H3. The molecule has 0 aliphatic heterocycles. The van der Waals surface area contributed by atoms with Crippen molar-refractivity contribution in [2.75, 3.05) is 66.1 Å². The van der Waals surface area contributed by atoms with Crippen LogP contribution < -0.4 is 4.74 Å². The van der Waals surface area contributed by atoms with Crippen molar-refractivity contribution in [2.24, 2.45) is 0 Å². The predicted molar refractivity (Wildman–Crippen MR) is 134 cm³/mol. The molecule has 0 saturated heterocycles. The van der Waals surface area contributed by atoms with Crippen LogP contribution >= 0.6 is 0 Å². The van der Waals surface area contributed by atoms with Gasteiger partial charge in [0, 0.05) is 0 Å². The number of ether oxygens (including phenoxy) is 6. The molecule has 0 heterocycles. The molecule has 1 rings (SSSR count). The summed E-state index contributed by atoms with van der Waals surface area (Å²) < 4.78 is 32.3. The van der Waals surface area contributed by atoms with Crippen LogP contribution in [0.25, 0.3) is 0 Å². The van der Waals surface area contributed by atoms with Crippen LogP contribution in [0.1, 0.15) is 64.4 Å². The Balaban J connectivity index is 1.84. The van der Waals surface area contributed by atoms with Crippen LogP contribution in [-0.2, 0) is 34.9 Å². The second-order valence-corrected chi connectivity index (χ2v) is 8.01. The Morgan fingerprint density at radius 2 is 1.18 bits per heavy atom. The Morgan fingerprint density at radius 3 is 1.76 bits per heavy atom. The molecule has 0 amide bonds. The van der Waals surface area contributed by atoms with E-state index in [1.165, 1.54) is 44.1 Å². The highest BCUT2D eigenvalue weighted by Crippen LogP contribution is 2.15. The van der Waals surface area contributed by atoms with Crippen molar-refractivity contribution in [2.45, 2.75) is 65.2 Å². The first-order chi connectivity index (χ1) is 16.8. The summed E-state index contributed by atoms with van der Waals surface area (Å²) in [4.78, 5) is 11.1. The van der Waals surface area contributed by atoms with Crippen molar-refractivity contribution in [3.05, 3.63) is 29.8 Å². The summed E-state index contributed by atoms with van der Waals surface area (Å²) in [5, 5.41) is 0. The summed E-state index contributed by atoms with van der Waals surface area (Å²) >= 11 is 0. The molecular weight excluding hydrogens is 436 g/mol. The fourth-order valence-electron chi connectivity index (χ4n) is 3.23. The Hall–Kier alpha value is -1.67. The lowest BCUT2D eigenvalue weighted by atomic mass is 10.0. The van der Waals surface area contributed by atoms with Crippen LogP contribution in [0.15, 0.2) is 24.3 Å². The first-order valence-electron chi connectivity index (χ1n) is 12.9. The van der Waals surface area contributed by atoms with Gasteiger partial charge in [-0.05, 0) is 37.5 Å². The Labute approximate surface area is 206 Å². The summed E-state index contributed by atoms with van der Waals surface area (Å²) in [5.74, 6) is 0.645. The fraction of sp³-hybridized carbons (Fsp3) is 0.741. The van der Waals surface area contributed by atoms with Crippen molar-refractivity contribution >= 4 is 5.97 Å². The number of unbranched alkanes of at least 4 members (excludes halogenated alkanes) is 5. The SMILES string of the molecule is CCCCCCCCc1ccc(OCCOCCOCCOCCOCCC(=O)OCC)cc1. The molecule has 0 N–H and O–H groups in total. The van der Waals surface area contributed by atoms with Crippen LogP contribution in [0.2, 0.25) is 0 Å². The van der Waals surface area contributed by atoms with Crippen molar-refractivity contribution in [1.82, 2.24) is 0 Å². The molecule has 0 aliphatic rings. The van der Waals surface area contributed by atoms with E-state index in [9.17, 15) is 4.79 Å². The molecule has 34 heavy (non-hydrogen) atoms. The van der Waals surface area contributed by atoms with Gasteiger partial charge in [-0.15, -0.1) is 0 Å². The predicted octanol–water partition coefficient (Wildman–Crippen LogP) is 4.99. The van der Waals surface area contributed by atoms with Crippen LogP contribution in [0.3, 0.4) is 0 Å². The smallest absolute Gasteiger partial charge is 0.308 e. The third kappa shape index (κ3) is 18.7. The summed E-state index contributed by atoms with van der Waals surface area (Å²) in [5.41, 5.74) is 1.38. The van der Waals surface area contributed by atoms with E-state index in [0.717, 1.165) is 12.2 Å². The molecule has 0 fully saturated rings. The minimum Gasteiger partial charge on any atom is -0.491 e. The summed E-state index contributed by atoms with van der Waals surface area (Å²) in [6.45, 7) is 8.81. The molecule has 0 unspecified atom stereocenters. The maximum Gasteiger partial charge on any atom is 0.308 e. The van der Waals surface area contributed by atoms with E-state index >= 15 is 0 Å². The van der Waals surface area contributed by atoms with Crippen LogP contribution in [0, 0.1) is 0 Å². The molecule has 0 aliphatic carbocycles. The normalized spacial score (nSPS) is 11.0. The second-order valence-electron chi connectivity index (χ2n) is 8.01. The monoisotopic (exact) mass is 482 g/mol. The van der Waals surface area contributed by atoms with Gasteiger partial charge in [-0.3, -0.25) is 4.79 Å². The zero-order valence-corrected chi connectivity index (χ0v) is 21.4. The number of hydrogen-bond acceptors (Lipinski definition) is 7. The van der Waals surface area contributed by atoms with Gasteiger partial charge in [0.2, 0.25) is 0 Å². The number of aryl methyl sites for hydroxylation is 1. The number of hydrogen-bond donors (Lipinski definition) is 0. The minimum atomic E-state index is -0.238. The minimum absolute atomic E-state index is 0.238. The fourth-order valence-corrected chi connectivity index (χ4v) is 3.23. The maximum atomic E-state index is 11.1. The number of esters is 1. The number of rotatable bonds is 24. The molecule has 0 atom stereocenters. The van der Waals surface area contributed by atoms with Gasteiger partial charge in [-0.25, -0.2) is 0 Å². The molecule has 7 heteroatoms. The molecule has 196 valence electrons. The molecule has 1 aromatic carbocycles. The molecule has 0 aromatic heterocycles. The lowest BCUT2D eigenvalue weighted by Gasteiger charge is -2.09. The van der Waals surface area contributed by atoms with E-state index in [-0.39, 0.29) is 12.4 Å². The van der Waals surface area contributed by atoms with Crippen LogP contribution in [0.5, 0.6) is 5.75 Å². The van der Waals surface area contributed by atoms with Crippen LogP contribution in [-0.4, -0.2) is 72.0 Å². The first kappa shape index (κ1) is 30.4. The van der Waals surface area contributed by atoms with Crippen molar-refractivity contribution in [3.8, 4) is 5.75 Å². The molecule has 0 radical (unpaired) electrons. The van der Waals surface area contributed by atoms with E-state index in [0.29, 0.717) is 66.1 Å². The molecule has 1 aromatic rings. The Bertz CT molecular complexity index is 577. The molecule has 0 saturated carbocycles. The summed E-state index contributed by atoms with van der Waals surface area (Å²) in [6.07, 6.45) is 9.37. The van der Waals surface area contributed by atoms with Gasteiger partial charge >= 0.3 is 5.97 Å². The quantitative estimate of drug-likeness (QED) is 0.152. The van der Waals surface area contributed by atoms with Gasteiger partial charge in [0.25, 0.3) is 0 Å². The molecule has 7 nitrogen and oxygen atoms in total. The highest BCUT2D eigenvalue weighted by molar-refractivity contribution is 5.69. The third-order valence-electron chi connectivity index (χ3n) is 5.11. The topological polar surface area (TPSA) is 72.5 Å². The van der Waals surface area contributed by atoms with E-state index < -0.39 is 0 Å². The Kier molecular flexibility index (Phi) is 20.6. The molecule has 0 spiro atoms. The summed E-state index contributed by atoms with van der Waals surface area (Å²) in [7, 11) is 0. The van der Waals surface area contributed by atoms with E-state index in [1.807, 2.05) is 12.1 Å². The molecule has 0 bridgehead atoms. The van der Waals surface area contributed by atoms with Gasteiger partial charge in [0.15, 0.2) is 0 Å². The largest absolute Gasteiger partial charge is 0.491 e. The zero-order valence-electron chi connectivity index (χ0n) is 21.4. The number of carbonyl (C=O) groups is 1. The second kappa shape index (κ2) is 23.1. The van der Waals surface area contributed by atoms with Gasteiger partial charge in [0.05, 0.1) is 65.9 Å². The van der Waals surface area contributed by atoms with Crippen molar-refractivity contribution in [3.63, 3.8) is 0 Å². The van der Waals surface area contributed by atoms with Crippen molar-refractivity contribution in [1.29, 1.82) is 0 Å². The van der Waals surface area contributed by atoms with E-state index in [4.69, 9.17) is 28.4 Å². The van der Waals surface area contributed by atoms with E-state index in [2.05, 4.69) is 19.1 Å². The van der Waals surface area contributed by atoms with Gasteiger partial charge in [0.1, 0.15) is 12.4 Å². The molecular formula is C27H46O7. The average molecular weight is 483 g/mol. The summed E-state index contributed by atoms with van der Waals surface area (Å²) in [6, 6.07) is 8.41. The van der Waals surface area contributed by atoms with Gasteiger partial charge < -0.3 is 28.4 Å².